The van der Waals surface area contributed by atoms with Crippen molar-refractivity contribution in [3.63, 3.8) is 0 Å². The van der Waals surface area contributed by atoms with Crippen molar-refractivity contribution in [2.75, 3.05) is 0 Å². The number of aryl methyl sites for hydroxylation is 1. The lowest BCUT2D eigenvalue weighted by atomic mass is 9.49. The molecule has 3 fully saturated rings. The number of Topliss-reactive ketones (excluding diaryl/α,β-unsaturated/α-hetero) is 2. The second-order valence-electron chi connectivity index (χ2n) is 6.82. The molecular formula is C19H24O2. The van der Waals surface area contributed by atoms with Crippen molar-refractivity contribution in [3.05, 3.63) is 35.4 Å². The van der Waals surface area contributed by atoms with Gasteiger partial charge < -0.3 is 0 Å². The minimum atomic E-state index is -0.515. The highest BCUT2D eigenvalue weighted by Gasteiger charge is 2.59. The van der Waals surface area contributed by atoms with Crippen molar-refractivity contribution in [1.29, 1.82) is 0 Å². The van der Waals surface area contributed by atoms with E-state index in [-0.39, 0.29) is 17.0 Å². The van der Waals surface area contributed by atoms with Crippen LogP contribution < -0.4 is 0 Å². The Hall–Kier alpha value is -1.44. The molecule has 0 atom stereocenters. The summed E-state index contributed by atoms with van der Waals surface area (Å²) >= 11 is 0. The molecule has 0 saturated heterocycles. The molecule has 0 aromatic heterocycles. The van der Waals surface area contributed by atoms with Gasteiger partial charge in [-0.2, -0.15) is 0 Å². The van der Waals surface area contributed by atoms with Crippen LogP contribution in [-0.4, -0.2) is 11.6 Å². The maximum Gasteiger partial charge on any atom is 0.209 e. The number of ketones is 2. The minimum Gasteiger partial charge on any atom is -0.290 e. The number of hydrogen-bond donors (Lipinski definition) is 0. The third-order valence-electron chi connectivity index (χ3n) is 5.83. The molecule has 1 aromatic carbocycles. The lowest BCUT2D eigenvalue weighted by Gasteiger charge is -2.51. The number of rotatable bonds is 4. The van der Waals surface area contributed by atoms with Crippen LogP contribution in [0.4, 0.5) is 0 Å². The third-order valence-corrected chi connectivity index (χ3v) is 5.83. The quantitative estimate of drug-likeness (QED) is 0.783. The number of benzene rings is 1. The summed E-state index contributed by atoms with van der Waals surface area (Å²) in [6, 6.07) is 8.35. The summed E-state index contributed by atoms with van der Waals surface area (Å²) in [6.07, 6.45) is 6.34. The van der Waals surface area contributed by atoms with Crippen molar-refractivity contribution in [1.82, 2.24) is 0 Å². The molecule has 0 N–H and O–H groups in total. The fourth-order valence-corrected chi connectivity index (χ4v) is 4.39. The molecule has 0 unspecified atom stereocenters. The first-order valence-electron chi connectivity index (χ1n) is 8.27. The van der Waals surface area contributed by atoms with E-state index in [1.807, 2.05) is 0 Å². The molecule has 3 saturated carbocycles. The predicted molar refractivity (Wildman–Crippen MR) is 83.3 cm³/mol. The van der Waals surface area contributed by atoms with Crippen LogP contribution >= 0.6 is 0 Å². The number of carbonyl (C=O) groups excluding carboxylic acids is 2. The van der Waals surface area contributed by atoms with Gasteiger partial charge in [0.25, 0.3) is 0 Å². The zero-order chi connectivity index (χ0) is 15.1. The van der Waals surface area contributed by atoms with Crippen LogP contribution in [0.15, 0.2) is 24.3 Å². The second-order valence-corrected chi connectivity index (χ2v) is 6.82. The van der Waals surface area contributed by atoms with Crippen molar-refractivity contribution >= 4 is 11.6 Å². The smallest absolute Gasteiger partial charge is 0.209 e. The zero-order valence-electron chi connectivity index (χ0n) is 13.1. The van der Waals surface area contributed by atoms with Crippen LogP contribution in [0, 0.1) is 5.41 Å². The van der Waals surface area contributed by atoms with Gasteiger partial charge in [0.15, 0.2) is 0 Å². The number of hydrogen-bond acceptors (Lipinski definition) is 2. The van der Waals surface area contributed by atoms with Crippen molar-refractivity contribution in [2.45, 2.75) is 64.2 Å². The van der Waals surface area contributed by atoms with E-state index in [0.717, 1.165) is 50.5 Å². The standard InChI is InChI=1S/C19H24O2/c1-3-9-18-10-12-19(13-11-18,17(21)16(18)20)15-7-5-14(4-2)6-8-15/h5-8H,3-4,9-13H2,1-2H3. The Morgan fingerprint density at radius 2 is 1.52 bits per heavy atom. The van der Waals surface area contributed by atoms with Gasteiger partial charge in [0.2, 0.25) is 11.6 Å². The average Bonchev–Trinajstić information content (AvgIpc) is 2.53. The Morgan fingerprint density at radius 3 is 2.05 bits per heavy atom. The van der Waals surface area contributed by atoms with E-state index in [1.54, 1.807) is 0 Å². The predicted octanol–water partition coefficient (Wildman–Crippen LogP) is 4.00. The van der Waals surface area contributed by atoms with E-state index < -0.39 is 5.41 Å². The highest BCUT2D eigenvalue weighted by atomic mass is 16.2. The van der Waals surface area contributed by atoms with Crippen LogP contribution in [0.1, 0.15) is 63.5 Å². The van der Waals surface area contributed by atoms with Crippen LogP contribution in [0.5, 0.6) is 0 Å². The maximum atomic E-state index is 12.8. The molecule has 0 spiro atoms. The SMILES string of the molecule is CCCC12CCC(c3ccc(CC)cc3)(CC1)C(=O)C2=O. The lowest BCUT2D eigenvalue weighted by Crippen LogP contribution is -2.58. The van der Waals surface area contributed by atoms with Crippen LogP contribution in [-0.2, 0) is 21.4 Å². The summed E-state index contributed by atoms with van der Waals surface area (Å²) in [4.78, 5) is 25.4. The summed E-state index contributed by atoms with van der Waals surface area (Å²) in [7, 11) is 0. The summed E-state index contributed by atoms with van der Waals surface area (Å²) in [5.74, 6) is -0.195. The van der Waals surface area contributed by atoms with Gasteiger partial charge in [-0.25, -0.2) is 0 Å². The Labute approximate surface area is 126 Å². The van der Waals surface area contributed by atoms with Crippen molar-refractivity contribution in [2.24, 2.45) is 5.41 Å². The first kappa shape index (κ1) is 14.5. The highest BCUT2D eigenvalue weighted by molar-refractivity contribution is 6.43. The van der Waals surface area contributed by atoms with E-state index in [1.165, 1.54) is 5.56 Å². The number of carbonyl (C=O) groups is 2. The molecule has 2 heteroatoms. The van der Waals surface area contributed by atoms with Gasteiger partial charge in [0, 0.05) is 5.41 Å². The Morgan fingerprint density at radius 1 is 0.905 bits per heavy atom. The van der Waals surface area contributed by atoms with Crippen LogP contribution in [0.25, 0.3) is 0 Å². The summed E-state index contributed by atoms with van der Waals surface area (Å²) in [6.45, 7) is 4.23. The van der Waals surface area contributed by atoms with E-state index in [0.29, 0.717) is 0 Å². The molecule has 0 heterocycles. The fraction of sp³-hybridized carbons (Fsp3) is 0.579. The molecule has 0 aliphatic heterocycles. The summed E-state index contributed by atoms with van der Waals surface area (Å²) in [5.41, 5.74) is 1.50. The van der Waals surface area contributed by atoms with Crippen LogP contribution in [0.2, 0.25) is 0 Å². The van der Waals surface area contributed by atoms with Gasteiger partial charge >= 0.3 is 0 Å². The largest absolute Gasteiger partial charge is 0.290 e. The Kier molecular flexibility index (Phi) is 3.51. The molecule has 4 rings (SSSR count). The van der Waals surface area contributed by atoms with E-state index in [2.05, 4.69) is 38.1 Å². The summed E-state index contributed by atoms with van der Waals surface area (Å²) < 4.78 is 0. The van der Waals surface area contributed by atoms with Crippen molar-refractivity contribution < 1.29 is 9.59 Å². The van der Waals surface area contributed by atoms with E-state index in [9.17, 15) is 9.59 Å². The van der Waals surface area contributed by atoms with Gasteiger partial charge in [0.05, 0.1) is 5.41 Å². The molecule has 21 heavy (non-hydrogen) atoms. The molecule has 2 nitrogen and oxygen atoms in total. The topological polar surface area (TPSA) is 34.1 Å². The zero-order valence-corrected chi connectivity index (χ0v) is 13.1. The molecule has 1 aromatic rings. The normalized spacial score (nSPS) is 31.7. The molecule has 3 aliphatic rings. The first-order chi connectivity index (χ1) is 10.1. The average molecular weight is 284 g/mol. The lowest BCUT2D eigenvalue weighted by molar-refractivity contribution is -0.156. The van der Waals surface area contributed by atoms with Gasteiger partial charge in [0.1, 0.15) is 0 Å². The monoisotopic (exact) mass is 284 g/mol. The maximum absolute atomic E-state index is 12.8. The second kappa shape index (κ2) is 5.08. The van der Waals surface area contributed by atoms with E-state index >= 15 is 0 Å². The summed E-state index contributed by atoms with van der Waals surface area (Å²) in [5, 5.41) is 0. The van der Waals surface area contributed by atoms with Gasteiger partial charge in [-0.1, -0.05) is 44.5 Å². The van der Waals surface area contributed by atoms with E-state index in [4.69, 9.17) is 0 Å². The van der Waals surface area contributed by atoms with Gasteiger partial charge in [-0.05, 0) is 49.7 Å². The molecule has 2 bridgehead atoms. The molecular weight excluding hydrogens is 260 g/mol. The third kappa shape index (κ3) is 1.99. The minimum absolute atomic E-state index is 0.0820. The van der Waals surface area contributed by atoms with Gasteiger partial charge in [-0.15, -0.1) is 0 Å². The van der Waals surface area contributed by atoms with Gasteiger partial charge in [-0.3, -0.25) is 9.59 Å². The Balaban J connectivity index is 1.96. The first-order valence-corrected chi connectivity index (χ1v) is 8.27. The Bertz CT molecular complexity index is 560. The molecule has 112 valence electrons. The highest BCUT2D eigenvalue weighted by Crippen LogP contribution is 2.55. The molecule has 0 radical (unpaired) electrons. The number of fused-ring (bicyclic) bond motifs is 3. The fourth-order valence-electron chi connectivity index (χ4n) is 4.39. The van der Waals surface area contributed by atoms with Crippen LogP contribution in [0.3, 0.4) is 0 Å². The molecule has 3 aliphatic carbocycles. The molecule has 0 amide bonds. The van der Waals surface area contributed by atoms with Crippen molar-refractivity contribution in [3.8, 4) is 0 Å².